The summed E-state index contributed by atoms with van der Waals surface area (Å²) >= 11 is 0. The van der Waals surface area contributed by atoms with E-state index < -0.39 is 0 Å². The molecule has 0 saturated heterocycles. The molecule has 3 aromatic heterocycles. The van der Waals surface area contributed by atoms with Crippen LogP contribution in [-0.4, -0.2) is 19.5 Å². The molecule has 1 saturated carbocycles. The zero-order valence-corrected chi connectivity index (χ0v) is 30.8. The molecule has 262 valence electrons. The molecule has 0 amide bonds. The van der Waals surface area contributed by atoms with E-state index in [0.717, 1.165) is 85.6 Å². The van der Waals surface area contributed by atoms with Crippen molar-refractivity contribution in [1.29, 1.82) is 5.26 Å². The molecule has 6 heteroatoms. The number of benzene rings is 5. The van der Waals surface area contributed by atoms with Crippen molar-refractivity contribution in [2.75, 3.05) is 0 Å². The van der Waals surface area contributed by atoms with E-state index in [1.165, 1.54) is 12.8 Å². The van der Waals surface area contributed by atoms with Gasteiger partial charge >= 0.3 is 0 Å². The minimum atomic E-state index is -0.201. The summed E-state index contributed by atoms with van der Waals surface area (Å²) in [6.45, 7) is 9.49. The highest BCUT2D eigenvalue weighted by molar-refractivity contribution is 6.24. The van der Waals surface area contributed by atoms with Gasteiger partial charge in [0.2, 0.25) is 0 Å². The van der Waals surface area contributed by atoms with Crippen LogP contribution in [0.1, 0.15) is 71.2 Å². The van der Waals surface area contributed by atoms with Gasteiger partial charge in [-0.2, -0.15) is 5.26 Å². The van der Waals surface area contributed by atoms with E-state index in [9.17, 15) is 5.26 Å². The Balaban J connectivity index is 1.33. The van der Waals surface area contributed by atoms with Gasteiger partial charge in [0.15, 0.2) is 11.6 Å². The molecule has 3 heterocycles. The molecule has 53 heavy (non-hydrogen) atoms. The number of nitriles is 1. The van der Waals surface area contributed by atoms with E-state index in [1.54, 1.807) is 0 Å². The molecule has 1 aliphatic carbocycles. The van der Waals surface area contributed by atoms with E-state index in [-0.39, 0.29) is 5.41 Å². The smallest absolute Gasteiger partial charge is 0.165 e. The molecule has 2 atom stereocenters. The molecule has 0 aliphatic heterocycles. The summed E-state index contributed by atoms with van der Waals surface area (Å²) in [5.74, 6) is 3.89. The van der Waals surface area contributed by atoms with Crippen LogP contribution in [0.3, 0.4) is 0 Å². The van der Waals surface area contributed by atoms with Gasteiger partial charge in [-0.05, 0) is 92.3 Å². The number of para-hydroxylation sites is 2. The first-order chi connectivity index (χ1) is 25.9. The van der Waals surface area contributed by atoms with E-state index >= 15 is 0 Å². The Labute approximate surface area is 310 Å². The van der Waals surface area contributed by atoms with Gasteiger partial charge in [0.05, 0.1) is 33.7 Å². The molecular weight excluding hydrogens is 651 g/mol. The molecule has 0 unspecified atom stereocenters. The Morgan fingerprint density at radius 3 is 2.17 bits per heavy atom. The van der Waals surface area contributed by atoms with E-state index in [4.69, 9.17) is 19.4 Å². The first-order valence-electron chi connectivity index (χ1n) is 19.1. The summed E-state index contributed by atoms with van der Waals surface area (Å²) in [5.41, 5.74) is 6.80. The molecule has 8 aromatic rings. The largest absolute Gasteiger partial charge is 0.455 e. The SMILES string of the molecule is CCC1(c2nc(-c3ccccc3)nc(-c3cc(C#N)ccc3-n3c4ccccc4c4c5oc6ccccc6c5ccc43)n2)C[C@H](C)CC(C)C[C@@H](C)C1. The summed E-state index contributed by atoms with van der Waals surface area (Å²) in [6.07, 6.45) is 5.41. The van der Waals surface area contributed by atoms with Crippen LogP contribution in [-0.2, 0) is 5.41 Å². The van der Waals surface area contributed by atoms with Gasteiger partial charge in [0.1, 0.15) is 17.0 Å². The molecule has 0 N–H and O–H groups in total. The molecule has 0 radical (unpaired) electrons. The highest BCUT2D eigenvalue weighted by Gasteiger charge is 2.39. The van der Waals surface area contributed by atoms with E-state index in [2.05, 4.69) is 99.0 Å². The van der Waals surface area contributed by atoms with Gasteiger partial charge in [-0.15, -0.1) is 0 Å². The molecule has 0 bridgehead atoms. The first-order valence-corrected chi connectivity index (χ1v) is 19.1. The summed E-state index contributed by atoms with van der Waals surface area (Å²) in [5, 5.41) is 14.6. The van der Waals surface area contributed by atoms with Gasteiger partial charge in [-0.25, -0.2) is 15.0 Å². The highest BCUT2D eigenvalue weighted by Crippen LogP contribution is 2.46. The average molecular weight is 694 g/mol. The van der Waals surface area contributed by atoms with Crippen LogP contribution < -0.4 is 0 Å². The Kier molecular flexibility index (Phi) is 8.11. The van der Waals surface area contributed by atoms with E-state index in [1.807, 2.05) is 48.5 Å². The molecule has 0 spiro atoms. The van der Waals surface area contributed by atoms with Crippen LogP contribution in [0.4, 0.5) is 0 Å². The average Bonchev–Trinajstić information content (AvgIpc) is 3.72. The van der Waals surface area contributed by atoms with Gasteiger partial charge in [-0.1, -0.05) is 94.4 Å². The lowest BCUT2D eigenvalue weighted by Gasteiger charge is -2.40. The third-order valence-corrected chi connectivity index (χ3v) is 11.7. The van der Waals surface area contributed by atoms with Gasteiger partial charge in [0.25, 0.3) is 0 Å². The quantitative estimate of drug-likeness (QED) is 0.179. The molecule has 1 fully saturated rings. The lowest BCUT2D eigenvalue weighted by Crippen LogP contribution is -2.35. The third-order valence-electron chi connectivity index (χ3n) is 11.7. The zero-order chi connectivity index (χ0) is 36.3. The van der Waals surface area contributed by atoms with Crippen molar-refractivity contribution in [2.45, 2.75) is 65.2 Å². The number of aromatic nitrogens is 4. The minimum Gasteiger partial charge on any atom is -0.455 e. The number of rotatable bonds is 5. The van der Waals surface area contributed by atoms with Crippen LogP contribution in [0.25, 0.3) is 72.2 Å². The van der Waals surface area contributed by atoms with Crippen molar-refractivity contribution in [2.24, 2.45) is 17.8 Å². The highest BCUT2D eigenvalue weighted by atomic mass is 16.3. The van der Waals surface area contributed by atoms with Gasteiger partial charge in [-0.3, -0.25) is 0 Å². The second kappa shape index (κ2) is 13.0. The second-order valence-electron chi connectivity index (χ2n) is 15.6. The summed E-state index contributed by atoms with van der Waals surface area (Å²) in [4.78, 5) is 16.1. The van der Waals surface area contributed by atoms with Crippen molar-refractivity contribution in [3.05, 3.63) is 121 Å². The lowest BCUT2D eigenvalue weighted by atomic mass is 9.66. The topological polar surface area (TPSA) is 80.5 Å². The number of hydrogen-bond acceptors (Lipinski definition) is 5. The fourth-order valence-corrected chi connectivity index (χ4v) is 9.61. The predicted octanol–water partition coefficient (Wildman–Crippen LogP) is 12.2. The maximum atomic E-state index is 10.2. The van der Waals surface area contributed by atoms with Gasteiger partial charge < -0.3 is 8.98 Å². The van der Waals surface area contributed by atoms with Crippen LogP contribution >= 0.6 is 0 Å². The fraction of sp³-hybridized carbons (Fsp3) is 0.277. The number of hydrogen-bond donors (Lipinski definition) is 0. The summed E-state index contributed by atoms with van der Waals surface area (Å²) in [6, 6.07) is 39.6. The lowest BCUT2D eigenvalue weighted by molar-refractivity contribution is 0.177. The molecule has 1 aliphatic rings. The van der Waals surface area contributed by atoms with Crippen LogP contribution in [0.15, 0.2) is 114 Å². The number of nitrogens with zero attached hydrogens (tertiary/aromatic N) is 5. The predicted molar refractivity (Wildman–Crippen MR) is 215 cm³/mol. The molecule has 6 nitrogen and oxygen atoms in total. The standard InChI is InChI=1S/C47H43N5O/c1-5-47(26-30(3)23-29(2)24-31(4)27-47)46-50-44(33-13-7-6-8-14-33)49-45(51-46)37-25-32(28-48)19-21-39(37)52-38-17-11-9-16-36(38)42-40(52)22-20-35-34-15-10-12-18-41(34)53-43(35)42/h6-22,25,29-31H,5,23-24,26-27H2,1-4H3/t29?,30-,31-,47?/m1/s1. The van der Waals surface area contributed by atoms with Crippen molar-refractivity contribution in [3.63, 3.8) is 0 Å². The molecule has 9 rings (SSSR count). The Morgan fingerprint density at radius 1 is 0.717 bits per heavy atom. The van der Waals surface area contributed by atoms with Crippen LogP contribution in [0.5, 0.6) is 0 Å². The summed E-state index contributed by atoms with van der Waals surface area (Å²) < 4.78 is 8.89. The fourth-order valence-electron chi connectivity index (χ4n) is 9.61. The van der Waals surface area contributed by atoms with Crippen LogP contribution in [0.2, 0.25) is 0 Å². The normalized spacial score (nSPS) is 20.8. The Hall–Kier alpha value is -5.80. The van der Waals surface area contributed by atoms with Crippen molar-refractivity contribution in [1.82, 2.24) is 19.5 Å². The third kappa shape index (κ3) is 5.58. The number of fused-ring (bicyclic) bond motifs is 7. The zero-order valence-electron chi connectivity index (χ0n) is 30.8. The van der Waals surface area contributed by atoms with Crippen molar-refractivity contribution in [3.8, 4) is 34.5 Å². The van der Waals surface area contributed by atoms with E-state index in [0.29, 0.717) is 35.0 Å². The maximum Gasteiger partial charge on any atom is 0.165 e. The van der Waals surface area contributed by atoms with Crippen molar-refractivity contribution >= 4 is 43.7 Å². The number of furan rings is 1. The minimum absolute atomic E-state index is 0.201. The monoisotopic (exact) mass is 693 g/mol. The Morgan fingerprint density at radius 2 is 1.42 bits per heavy atom. The van der Waals surface area contributed by atoms with Gasteiger partial charge in [0, 0.05) is 32.7 Å². The second-order valence-corrected chi connectivity index (χ2v) is 15.6. The molecular formula is C47H43N5O. The van der Waals surface area contributed by atoms with Crippen molar-refractivity contribution < 1.29 is 4.42 Å². The van der Waals surface area contributed by atoms with Crippen LogP contribution in [0, 0.1) is 29.1 Å². The molecule has 5 aromatic carbocycles. The Bertz CT molecular complexity index is 2680. The first kappa shape index (κ1) is 33.1. The summed E-state index contributed by atoms with van der Waals surface area (Å²) in [7, 11) is 0. The maximum absolute atomic E-state index is 10.2.